The monoisotopic (exact) mass is 521 g/mol. The molecule has 1 heterocycles. The maximum Gasteiger partial charge on any atom is 0.165 e. The number of nitriles is 2. The molecule has 8 heteroatoms. The molecule has 0 N–H and O–H groups in total. The van der Waals surface area contributed by atoms with Gasteiger partial charge in [-0.05, 0) is 58.6 Å². The van der Waals surface area contributed by atoms with Gasteiger partial charge in [-0.25, -0.2) is 0 Å². The number of benzene rings is 2. The molecule has 0 fully saturated rings. The molecular formula is C29H39N5O2S. The molecule has 0 aliphatic carbocycles. The number of ether oxygens (including phenoxy) is 2. The number of rotatable bonds is 12. The van der Waals surface area contributed by atoms with Gasteiger partial charge in [0.25, 0.3) is 0 Å². The molecule has 0 amide bonds. The molecule has 198 valence electrons. The van der Waals surface area contributed by atoms with Gasteiger partial charge in [0, 0.05) is 11.4 Å². The van der Waals surface area contributed by atoms with Crippen LogP contribution in [0, 0.1) is 22.7 Å². The summed E-state index contributed by atoms with van der Waals surface area (Å²) in [4.78, 5) is 8.49. The van der Waals surface area contributed by atoms with Gasteiger partial charge >= 0.3 is 0 Å². The minimum Gasteiger partial charge on any atom is -0.473 e. The van der Waals surface area contributed by atoms with E-state index in [1.54, 1.807) is 11.8 Å². The highest BCUT2D eigenvalue weighted by Gasteiger charge is 2.36. The van der Waals surface area contributed by atoms with Gasteiger partial charge in [0.05, 0.1) is 10.6 Å². The molecule has 2 aromatic carbocycles. The number of hydrogen-bond acceptors (Lipinski definition) is 8. The number of anilines is 2. The standard InChI is InChI=1S/C29H39N5O2S/c1-8-17-34-24-15-13-14-16-25(24)37-29-26(34)27(35-20(6)32(9-2)10-3)22(18-30)23(19-31)28(29)36-21(7)33(11-4)12-5/h13-16,20-21H,8-12,17H2,1-7H3. The molecule has 2 atom stereocenters. The van der Waals surface area contributed by atoms with E-state index in [1.807, 2.05) is 26.0 Å². The molecule has 1 aliphatic rings. The van der Waals surface area contributed by atoms with Crippen molar-refractivity contribution < 1.29 is 9.47 Å². The highest BCUT2D eigenvalue weighted by atomic mass is 32.2. The molecule has 1 aliphatic heterocycles. The van der Waals surface area contributed by atoms with Crippen LogP contribution in [0.4, 0.5) is 11.4 Å². The van der Waals surface area contributed by atoms with Gasteiger partial charge in [0.1, 0.15) is 41.4 Å². The summed E-state index contributed by atoms with van der Waals surface area (Å²) in [6, 6.07) is 12.8. The van der Waals surface area contributed by atoms with E-state index in [1.165, 1.54) is 0 Å². The number of hydrogen-bond donors (Lipinski definition) is 0. The predicted molar refractivity (Wildman–Crippen MR) is 150 cm³/mol. The fourth-order valence-corrected chi connectivity index (χ4v) is 6.06. The summed E-state index contributed by atoms with van der Waals surface area (Å²) in [6.45, 7) is 18.5. The van der Waals surface area contributed by atoms with Crippen LogP contribution in [0.5, 0.6) is 11.5 Å². The Morgan fingerprint density at radius 1 is 0.838 bits per heavy atom. The summed E-state index contributed by atoms with van der Waals surface area (Å²) in [5.74, 6) is 0.906. The highest BCUT2D eigenvalue weighted by Crippen LogP contribution is 2.58. The van der Waals surface area contributed by atoms with Crippen LogP contribution in [0.2, 0.25) is 0 Å². The molecule has 0 saturated carbocycles. The van der Waals surface area contributed by atoms with Crippen molar-refractivity contribution in [3.05, 3.63) is 35.4 Å². The maximum absolute atomic E-state index is 10.4. The minimum absolute atomic E-state index is 0.225. The second-order valence-electron chi connectivity index (χ2n) is 8.91. The first-order chi connectivity index (χ1) is 17.9. The molecule has 3 rings (SSSR count). The van der Waals surface area contributed by atoms with Gasteiger partial charge in [-0.1, -0.05) is 58.5 Å². The third-order valence-corrected chi connectivity index (χ3v) is 8.03. The van der Waals surface area contributed by atoms with Crippen LogP contribution in [-0.4, -0.2) is 55.0 Å². The average molecular weight is 522 g/mol. The van der Waals surface area contributed by atoms with Gasteiger partial charge in [-0.2, -0.15) is 10.5 Å². The molecule has 2 unspecified atom stereocenters. The first-order valence-corrected chi connectivity index (χ1v) is 14.1. The van der Waals surface area contributed by atoms with E-state index in [4.69, 9.17) is 9.47 Å². The van der Waals surface area contributed by atoms with Crippen molar-refractivity contribution in [3.8, 4) is 23.6 Å². The Kier molecular flexibility index (Phi) is 10.1. The van der Waals surface area contributed by atoms with E-state index in [-0.39, 0.29) is 23.6 Å². The van der Waals surface area contributed by atoms with Crippen molar-refractivity contribution >= 4 is 23.1 Å². The van der Waals surface area contributed by atoms with Crippen LogP contribution in [-0.2, 0) is 0 Å². The average Bonchev–Trinajstić information content (AvgIpc) is 2.90. The lowest BCUT2D eigenvalue weighted by Crippen LogP contribution is -2.38. The van der Waals surface area contributed by atoms with Crippen molar-refractivity contribution in [1.29, 1.82) is 10.5 Å². The van der Waals surface area contributed by atoms with E-state index in [0.717, 1.165) is 60.3 Å². The maximum atomic E-state index is 10.4. The number of fused-ring (bicyclic) bond motifs is 2. The predicted octanol–water partition coefficient (Wildman–Crippen LogP) is 6.58. The highest BCUT2D eigenvalue weighted by molar-refractivity contribution is 7.99. The molecule has 2 aromatic rings. The Hall–Kier alpha value is -2.91. The first kappa shape index (κ1) is 28.7. The molecule has 0 bridgehead atoms. The second kappa shape index (κ2) is 13.1. The summed E-state index contributed by atoms with van der Waals surface area (Å²) in [5.41, 5.74) is 2.33. The normalized spacial score (nSPS) is 14.0. The lowest BCUT2D eigenvalue weighted by Gasteiger charge is -2.38. The van der Waals surface area contributed by atoms with E-state index in [2.05, 4.69) is 73.6 Å². The van der Waals surface area contributed by atoms with Crippen molar-refractivity contribution in [1.82, 2.24) is 9.80 Å². The number of nitrogens with zero attached hydrogens (tertiary/aromatic N) is 5. The summed E-state index contributed by atoms with van der Waals surface area (Å²) in [7, 11) is 0. The zero-order valence-electron chi connectivity index (χ0n) is 23.2. The third kappa shape index (κ3) is 5.67. The van der Waals surface area contributed by atoms with Crippen molar-refractivity contribution in [2.75, 3.05) is 37.6 Å². The topological polar surface area (TPSA) is 75.8 Å². The van der Waals surface area contributed by atoms with Crippen LogP contribution < -0.4 is 14.4 Å². The Morgan fingerprint density at radius 2 is 1.35 bits per heavy atom. The van der Waals surface area contributed by atoms with Gasteiger partial charge < -0.3 is 14.4 Å². The van der Waals surface area contributed by atoms with E-state index in [0.29, 0.717) is 11.5 Å². The van der Waals surface area contributed by atoms with Gasteiger partial charge in [-0.3, -0.25) is 9.80 Å². The minimum atomic E-state index is -0.273. The first-order valence-electron chi connectivity index (χ1n) is 13.3. The second-order valence-corrected chi connectivity index (χ2v) is 9.96. The van der Waals surface area contributed by atoms with Gasteiger partial charge in [-0.15, -0.1) is 0 Å². The number of para-hydroxylation sites is 1. The lowest BCUT2D eigenvalue weighted by molar-refractivity contribution is 0.0428. The largest absolute Gasteiger partial charge is 0.473 e. The Bertz CT molecular complexity index is 1160. The van der Waals surface area contributed by atoms with Crippen LogP contribution in [0.3, 0.4) is 0 Å². The molecule has 0 radical (unpaired) electrons. The Labute approximate surface area is 226 Å². The quantitative estimate of drug-likeness (QED) is 0.290. The summed E-state index contributed by atoms with van der Waals surface area (Å²) < 4.78 is 13.1. The van der Waals surface area contributed by atoms with Crippen LogP contribution in [0.25, 0.3) is 0 Å². The Morgan fingerprint density at radius 3 is 1.86 bits per heavy atom. The van der Waals surface area contributed by atoms with Crippen LogP contribution in [0.1, 0.15) is 66.0 Å². The van der Waals surface area contributed by atoms with Crippen molar-refractivity contribution in [2.24, 2.45) is 0 Å². The van der Waals surface area contributed by atoms with E-state index < -0.39 is 0 Å². The molecule has 7 nitrogen and oxygen atoms in total. The molecular weight excluding hydrogens is 482 g/mol. The Balaban J connectivity index is 2.35. The zero-order valence-corrected chi connectivity index (χ0v) is 24.0. The van der Waals surface area contributed by atoms with Crippen molar-refractivity contribution in [2.45, 2.75) is 77.1 Å². The molecule has 0 saturated heterocycles. The lowest BCUT2D eigenvalue weighted by atomic mass is 10.0. The zero-order chi connectivity index (χ0) is 27.1. The fraction of sp³-hybridized carbons (Fsp3) is 0.517. The summed E-state index contributed by atoms with van der Waals surface area (Å²) >= 11 is 1.58. The van der Waals surface area contributed by atoms with Crippen LogP contribution >= 0.6 is 11.8 Å². The van der Waals surface area contributed by atoms with Crippen LogP contribution in [0.15, 0.2) is 34.1 Å². The van der Waals surface area contributed by atoms with E-state index >= 15 is 0 Å². The van der Waals surface area contributed by atoms with Crippen molar-refractivity contribution in [3.63, 3.8) is 0 Å². The molecule has 0 aromatic heterocycles. The third-order valence-electron chi connectivity index (χ3n) is 6.88. The van der Waals surface area contributed by atoms with Gasteiger partial charge in [0.15, 0.2) is 11.5 Å². The van der Waals surface area contributed by atoms with Gasteiger partial charge in [0.2, 0.25) is 0 Å². The smallest absolute Gasteiger partial charge is 0.165 e. The van der Waals surface area contributed by atoms with E-state index in [9.17, 15) is 10.5 Å². The summed E-state index contributed by atoms with van der Waals surface area (Å²) in [6.07, 6.45) is 0.360. The molecule has 37 heavy (non-hydrogen) atoms. The SMILES string of the molecule is CCCN1c2ccccc2Sc2c(OC(C)N(CC)CC)c(C#N)c(C#N)c(OC(C)N(CC)CC)c21. The fourth-order valence-electron chi connectivity index (χ4n) is 4.87. The molecule has 0 spiro atoms. The summed E-state index contributed by atoms with van der Waals surface area (Å²) in [5, 5.41) is 20.7.